The van der Waals surface area contributed by atoms with Crippen LogP contribution in [-0.4, -0.2) is 30.9 Å². The van der Waals surface area contributed by atoms with Crippen molar-refractivity contribution in [1.29, 1.82) is 0 Å². The monoisotopic (exact) mass is 326 g/mol. The summed E-state index contributed by atoms with van der Waals surface area (Å²) in [6.07, 6.45) is 2.61. The molecule has 22 heavy (non-hydrogen) atoms. The van der Waals surface area contributed by atoms with Gasteiger partial charge >= 0.3 is 6.03 Å². The Morgan fingerprint density at radius 3 is 2.55 bits per heavy atom. The van der Waals surface area contributed by atoms with E-state index in [0.29, 0.717) is 25.1 Å². The molecule has 122 valence electrons. The van der Waals surface area contributed by atoms with Crippen molar-refractivity contribution in [2.45, 2.75) is 32.6 Å². The topological polar surface area (TPSA) is 99.3 Å². The van der Waals surface area contributed by atoms with Crippen LogP contribution in [0.3, 0.4) is 0 Å². The number of nitrogens with one attached hydrogen (secondary N) is 4. The Kier molecular flexibility index (Phi) is 8.66. The first-order valence-electron chi connectivity index (χ1n) is 7.26. The number of hydrazine groups is 1. The van der Waals surface area contributed by atoms with Gasteiger partial charge in [-0.1, -0.05) is 13.3 Å². The molecule has 1 aromatic heterocycles. The molecule has 7 nitrogen and oxygen atoms in total. The SMILES string of the molecule is CCCCNC(=O)NNC(=O)CCCNC(=O)c1ccsc1. The molecular weight excluding hydrogens is 304 g/mol. The molecule has 4 N–H and O–H groups in total. The quantitative estimate of drug-likeness (QED) is 0.429. The van der Waals surface area contributed by atoms with Crippen LogP contribution in [0.2, 0.25) is 0 Å². The van der Waals surface area contributed by atoms with E-state index in [0.717, 1.165) is 12.8 Å². The van der Waals surface area contributed by atoms with Crippen LogP contribution in [0.15, 0.2) is 16.8 Å². The summed E-state index contributed by atoms with van der Waals surface area (Å²) in [5.41, 5.74) is 5.22. The molecule has 0 aliphatic heterocycles. The summed E-state index contributed by atoms with van der Waals surface area (Å²) in [6.45, 7) is 3.01. The smallest absolute Gasteiger partial charge is 0.333 e. The van der Waals surface area contributed by atoms with E-state index >= 15 is 0 Å². The molecule has 0 aliphatic carbocycles. The number of amides is 4. The highest BCUT2D eigenvalue weighted by Crippen LogP contribution is 2.05. The van der Waals surface area contributed by atoms with E-state index in [1.54, 1.807) is 11.4 Å². The van der Waals surface area contributed by atoms with Crippen LogP contribution in [0.25, 0.3) is 0 Å². The highest BCUT2D eigenvalue weighted by Gasteiger charge is 2.06. The lowest BCUT2D eigenvalue weighted by atomic mass is 10.3. The number of urea groups is 1. The van der Waals surface area contributed by atoms with Crippen molar-refractivity contribution in [3.63, 3.8) is 0 Å². The normalized spacial score (nSPS) is 9.86. The second-order valence-electron chi connectivity index (χ2n) is 4.65. The van der Waals surface area contributed by atoms with E-state index in [4.69, 9.17) is 0 Å². The van der Waals surface area contributed by atoms with Crippen molar-refractivity contribution < 1.29 is 14.4 Å². The first-order chi connectivity index (χ1) is 10.6. The standard InChI is InChI=1S/C14H22N4O3S/c1-2-3-7-16-14(21)18-17-12(19)5-4-8-15-13(20)11-6-9-22-10-11/h6,9-10H,2-5,7-8H2,1H3,(H,15,20)(H,17,19)(H2,16,18,21). The Bertz CT molecular complexity index is 476. The van der Waals surface area contributed by atoms with Crippen molar-refractivity contribution in [2.24, 2.45) is 0 Å². The zero-order chi connectivity index (χ0) is 16.2. The lowest BCUT2D eigenvalue weighted by molar-refractivity contribution is -0.121. The lowest BCUT2D eigenvalue weighted by Gasteiger charge is -2.08. The molecule has 0 fully saturated rings. The molecule has 0 bridgehead atoms. The summed E-state index contributed by atoms with van der Waals surface area (Å²) in [5, 5.41) is 8.94. The molecule has 0 saturated carbocycles. The number of rotatable bonds is 8. The summed E-state index contributed by atoms with van der Waals surface area (Å²) < 4.78 is 0. The molecule has 1 heterocycles. The van der Waals surface area contributed by atoms with Crippen LogP contribution >= 0.6 is 11.3 Å². The molecule has 8 heteroatoms. The van der Waals surface area contributed by atoms with Gasteiger partial charge in [0.1, 0.15) is 0 Å². The molecular formula is C14H22N4O3S. The molecule has 0 saturated heterocycles. The Hall–Kier alpha value is -2.09. The van der Waals surface area contributed by atoms with Gasteiger partial charge in [-0.25, -0.2) is 10.2 Å². The third-order valence-electron chi connectivity index (χ3n) is 2.78. The number of thiophene rings is 1. The second-order valence-corrected chi connectivity index (χ2v) is 5.43. The van der Waals surface area contributed by atoms with Crippen LogP contribution in [0, 0.1) is 0 Å². The molecule has 0 aliphatic rings. The zero-order valence-corrected chi connectivity index (χ0v) is 13.4. The minimum Gasteiger partial charge on any atom is -0.352 e. The number of carbonyl (C=O) groups excluding carboxylic acids is 3. The van der Waals surface area contributed by atoms with Crippen molar-refractivity contribution in [3.8, 4) is 0 Å². The molecule has 1 aromatic rings. The van der Waals surface area contributed by atoms with Crippen LogP contribution in [0.1, 0.15) is 43.0 Å². The number of hydrogen-bond donors (Lipinski definition) is 4. The molecule has 0 aromatic carbocycles. The van der Waals surface area contributed by atoms with Crippen LogP contribution < -0.4 is 21.5 Å². The lowest BCUT2D eigenvalue weighted by Crippen LogP contribution is -2.47. The maximum absolute atomic E-state index is 11.6. The highest BCUT2D eigenvalue weighted by molar-refractivity contribution is 7.08. The summed E-state index contributed by atoms with van der Waals surface area (Å²) in [5.74, 6) is -0.439. The van der Waals surface area contributed by atoms with E-state index in [-0.39, 0.29) is 18.2 Å². The average molecular weight is 326 g/mol. The van der Waals surface area contributed by atoms with E-state index in [9.17, 15) is 14.4 Å². The van der Waals surface area contributed by atoms with Crippen molar-refractivity contribution in [1.82, 2.24) is 21.5 Å². The van der Waals surface area contributed by atoms with Crippen LogP contribution in [-0.2, 0) is 4.79 Å². The van der Waals surface area contributed by atoms with Gasteiger partial charge in [0.05, 0.1) is 0 Å². The Morgan fingerprint density at radius 2 is 1.86 bits per heavy atom. The predicted octanol–water partition coefficient (Wildman–Crippen LogP) is 1.39. The van der Waals surface area contributed by atoms with Gasteiger partial charge in [0.25, 0.3) is 5.91 Å². The van der Waals surface area contributed by atoms with Crippen LogP contribution in [0.5, 0.6) is 0 Å². The minimum absolute atomic E-state index is 0.143. The molecule has 0 unspecified atom stereocenters. The molecule has 4 amide bonds. The summed E-state index contributed by atoms with van der Waals surface area (Å²) in [6, 6.07) is 1.32. The third-order valence-corrected chi connectivity index (χ3v) is 3.46. The maximum atomic E-state index is 11.6. The van der Waals surface area contributed by atoms with E-state index in [2.05, 4.69) is 21.5 Å². The second kappa shape index (κ2) is 10.6. The third kappa shape index (κ3) is 7.63. The molecule has 0 atom stereocenters. The Morgan fingerprint density at radius 1 is 1.09 bits per heavy atom. The highest BCUT2D eigenvalue weighted by atomic mass is 32.1. The van der Waals surface area contributed by atoms with Gasteiger partial charge in [0.15, 0.2) is 0 Å². The van der Waals surface area contributed by atoms with Gasteiger partial charge in [-0.2, -0.15) is 11.3 Å². The van der Waals surface area contributed by atoms with Gasteiger partial charge in [0.2, 0.25) is 5.91 Å². The van der Waals surface area contributed by atoms with E-state index < -0.39 is 6.03 Å². The van der Waals surface area contributed by atoms with Gasteiger partial charge in [-0.3, -0.25) is 15.0 Å². The van der Waals surface area contributed by atoms with E-state index in [1.807, 2.05) is 12.3 Å². The van der Waals surface area contributed by atoms with E-state index in [1.165, 1.54) is 11.3 Å². The fraction of sp³-hybridized carbons (Fsp3) is 0.500. The Balaban J connectivity index is 2.03. The predicted molar refractivity (Wildman–Crippen MR) is 85.5 cm³/mol. The van der Waals surface area contributed by atoms with Crippen LogP contribution in [0.4, 0.5) is 4.79 Å². The first kappa shape index (κ1) is 18.0. The number of unbranched alkanes of at least 4 members (excludes halogenated alkanes) is 1. The molecule has 0 spiro atoms. The number of hydrogen-bond acceptors (Lipinski definition) is 4. The zero-order valence-electron chi connectivity index (χ0n) is 12.6. The van der Waals surface area contributed by atoms with Gasteiger partial charge in [-0.15, -0.1) is 0 Å². The van der Waals surface area contributed by atoms with Gasteiger partial charge < -0.3 is 10.6 Å². The molecule has 1 rings (SSSR count). The van der Waals surface area contributed by atoms with Gasteiger partial charge in [-0.05, 0) is 24.3 Å². The van der Waals surface area contributed by atoms with Crippen molar-refractivity contribution >= 4 is 29.2 Å². The first-order valence-corrected chi connectivity index (χ1v) is 8.21. The van der Waals surface area contributed by atoms with Gasteiger partial charge in [0, 0.05) is 30.5 Å². The summed E-state index contributed by atoms with van der Waals surface area (Å²) >= 11 is 1.46. The largest absolute Gasteiger partial charge is 0.352 e. The fourth-order valence-corrected chi connectivity index (χ4v) is 2.19. The van der Waals surface area contributed by atoms with Crippen molar-refractivity contribution in [2.75, 3.05) is 13.1 Å². The van der Waals surface area contributed by atoms with Crippen molar-refractivity contribution in [3.05, 3.63) is 22.4 Å². The maximum Gasteiger partial charge on any atom is 0.333 e. The number of carbonyl (C=O) groups is 3. The minimum atomic E-state index is -0.424. The fourth-order valence-electron chi connectivity index (χ4n) is 1.56. The average Bonchev–Trinajstić information content (AvgIpc) is 3.04. The molecule has 0 radical (unpaired) electrons. The summed E-state index contributed by atoms with van der Waals surface area (Å²) in [4.78, 5) is 34.4. The Labute approximate surface area is 133 Å². The summed E-state index contributed by atoms with van der Waals surface area (Å²) in [7, 11) is 0.